The van der Waals surface area contributed by atoms with Crippen molar-refractivity contribution in [3.05, 3.63) is 77.1 Å². The fourth-order valence-electron chi connectivity index (χ4n) is 2.60. The number of nitrogens with zero attached hydrogens (tertiary/aromatic N) is 1. The van der Waals surface area contributed by atoms with Crippen LogP contribution in [0.25, 0.3) is 6.08 Å². The third kappa shape index (κ3) is 5.44. The van der Waals surface area contributed by atoms with Gasteiger partial charge in [-0.15, -0.1) is 0 Å². The summed E-state index contributed by atoms with van der Waals surface area (Å²) in [6.45, 7) is 0.261. The molecule has 0 radical (unpaired) electrons. The summed E-state index contributed by atoms with van der Waals surface area (Å²) in [5.74, 6) is -2.58. The van der Waals surface area contributed by atoms with Crippen molar-refractivity contribution in [1.82, 2.24) is 5.32 Å². The highest BCUT2D eigenvalue weighted by Gasteiger charge is 2.21. The molecule has 2 aromatic rings. The van der Waals surface area contributed by atoms with E-state index >= 15 is 0 Å². The number of nitrogens with one attached hydrogen (secondary N) is 1. The smallest absolute Gasteiger partial charge is 0.244 e. The Balaban J connectivity index is 1.42. The quantitative estimate of drug-likeness (QED) is 0.786. The van der Waals surface area contributed by atoms with Crippen LogP contribution in [0.5, 0.6) is 0 Å². The summed E-state index contributed by atoms with van der Waals surface area (Å²) in [4.78, 5) is 17.1. The van der Waals surface area contributed by atoms with E-state index in [-0.39, 0.29) is 24.4 Å². The second-order valence-electron chi connectivity index (χ2n) is 6.14. The largest absolute Gasteiger partial charge is 0.390 e. The molecule has 1 aliphatic rings. The van der Waals surface area contributed by atoms with Crippen LogP contribution in [0.2, 0.25) is 0 Å². The van der Waals surface area contributed by atoms with Gasteiger partial charge in [-0.1, -0.05) is 23.4 Å². The number of halogens is 3. The van der Waals surface area contributed by atoms with Gasteiger partial charge in [0.25, 0.3) is 0 Å². The highest BCUT2D eigenvalue weighted by molar-refractivity contribution is 5.92. The van der Waals surface area contributed by atoms with Gasteiger partial charge in [-0.25, -0.2) is 13.2 Å². The van der Waals surface area contributed by atoms with Crippen molar-refractivity contribution < 1.29 is 22.8 Å². The zero-order valence-electron chi connectivity index (χ0n) is 14.3. The van der Waals surface area contributed by atoms with Crippen LogP contribution in [0.3, 0.4) is 0 Å². The van der Waals surface area contributed by atoms with Gasteiger partial charge in [0.05, 0.1) is 12.3 Å². The summed E-state index contributed by atoms with van der Waals surface area (Å²) in [5.41, 5.74) is 2.13. The molecular weight excluding hydrogens is 357 g/mol. The average molecular weight is 374 g/mol. The standard InChI is InChI=1S/C20H17F3N2O2/c21-15-5-1-13(2-6-15)9-16-11-17(27-25-16)12-24-20(26)8-4-14-3-7-18(22)19(23)10-14/h1-8,10,17H,9,11-12H2,(H,24,26)/b8-4+. The van der Waals surface area contributed by atoms with Gasteiger partial charge in [-0.05, 0) is 41.5 Å². The Morgan fingerprint density at radius 2 is 1.93 bits per heavy atom. The van der Waals surface area contributed by atoms with Crippen LogP contribution in [-0.4, -0.2) is 24.3 Å². The van der Waals surface area contributed by atoms with Crippen LogP contribution < -0.4 is 5.32 Å². The lowest BCUT2D eigenvalue weighted by atomic mass is 10.0. The third-order valence-corrected chi connectivity index (χ3v) is 3.99. The monoisotopic (exact) mass is 374 g/mol. The van der Waals surface area contributed by atoms with Crippen LogP contribution in [0.15, 0.2) is 53.7 Å². The fourth-order valence-corrected chi connectivity index (χ4v) is 2.60. The van der Waals surface area contributed by atoms with E-state index in [4.69, 9.17) is 4.84 Å². The number of rotatable bonds is 6. The normalized spacial score (nSPS) is 16.3. The summed E-state index contributed by atoms with van der Waals surface area (Å²) in [6, 6.07) is 9.55. The van der Waals surface area contributed by atoms with Crippen LogP contribution in [0.4, 0.5) is 13.2 Å². The molecule has 0 fully saturated rings. The number of oxime groups is 1. The molecule has 140 valence electrons. The molecule has 1 aliphatic heterocycles. The van der Waals surface area contributed by atoms with Crippen LogP contribution in [0, 0.1) is 17.5 Å². The van der Waals surface area contributed by atoms with Crippen molar-refractivity contribution in [2.45, 2.75) is 18.9 Å². The fraction of sp³-hybridized carbons (Fsp3) is 0.200. The maximum Gasteiger partial charge on any atom is 0.244 e. The minimum absolute atomic E-state index is 0.261. The first kappa shape index (κ1) is 18.7. The molecule has 2 aromatic carbocycles. The lowest BCUT2D eigenvalue weighted by Gasteiger charge is -2.08. The van der Waals surface area contributed by atoms with Gasteiger partial charge in [0.2, 0.25) is 5.91 Å². The van der Waals surface area contributed by atoms with Gasteiger partial charge in [-0.2, -0.15) is 0 Å². The Morgan fingerprint density at radius 3 is 2.67 bits per heavy atom. The molecule has 1 N–H and O–H groups in total. The molecule has 0 bridgehead atoms. The first-order chi connectivity index (χ1) is 13.0. The van der Waals surface area contributed by atoms with Crippen molar-refractivity contribution in [3.63, 3.8) is 0 Å². The summed E-state index contributed by atoms with van der Waals surface area (Å²) in [7, 11) is 0. The molecule has 0 saturated carbocycles. The Kier molecular flexibility index (Phi) is 5.90. The molecule has 1 unspecified atom stereocenters. The molecule has 1 heterocycles. The molecule has 0 aromatic heterocycles. The predicted octanol–water partition coefficient (Wildman–Crippen LogP) is 3.62. The number of hydrogen-bond acceptors (Lipinski definition) is 3. The average Bonchev–Trinajstić information content (AvgIpc) is 3.10. The second kappa shape index (κ2) is 8.53. The van der Waals surface area contributed by atoms with Crippen molar-refractivity contribution in [1.29, 1.82) is 0 Å². The lowest BCUT2D eigenvalue weighted by Crippen LogP contribution is -2.31. The summed E-state index contributed by atoms with van der Waals surface area (Å²) in [5, 5.41) is 6.67. The van der Waals surface area contributed by atoms with Crippen molar-refractivity contribution in [3.8, 4) is 0 Å². The molecule has 27 heavy (non-hydrogen) atoms. The van der Waals surface area contributed by atoms with E-state index in [2.05, 4.69) is 10.5 Å². The van der Waals surface area contributed by atoms with E-state index in [1.165, 1.54) is 30.4 Å². The summed E-state index contributed by atoms with van der Waals surface area (Å²) < 4.78 is 38.9. The zero-order valence-corrected chi connectivity index (χ0v) is 14.3. The highest BCUT2D eigenvalue weighted by Crippen LogP contribution is 2.14. The number of amides is 1. The number of hydrogen-bond donors (Lipinski definition) is 1. The minimum atomic E-state index is -0.970. The Bertz CT molecular complexity index is 879. The maximum atomic E-state index is 13.1. The Morgan fingerprint density at radius 1 is 1.15 bits per heavy atom. The zero-order chi connectivity index (χ0) is 19.2. The van der Waals surface area contributed by atoms with Gasteiger partial charge in [0.1, 0.15) is 11.9 Å². The van der Waals surface area contributed by atoms with E-state index in [1.807, 2.05) is 0 Å². The van der Waals surface area contributed by atoms with Gasteiger partial charge in [-0.3, -0.25) is 4.79 Å². The van der Waals surface area contributed by atoms with Gasteiger partial charge >= 0.3 is 0 Å². The molecule has 0 spiro atoms. The molecule has 7 heteroatoms. The first-order valence-electron chi connectivity index (χ1n) is 8.36. The Labute approximate surface area is 154 Å². The number of carbonyl (C=O) groups is 1. The summed E-state index contributed by atoms with van der Waals surface area (Å²) in [6.07, 6.45) is 3.47. The topological polar surface area (TPSA) is 50.7 Å². The van der Waals surface area contributed by atoms with E-state index in [1.54, 1.807) is 12.1 Å². The molecule has 1 amide bonds. The second-order valence-corrected chi connectivity index (χ2v) is 6.14. The first-order valence-corrected chi connectivity index (χ1v) is 8.36. The Hall–Kier alpha value is -3.09. The van der Waals surface area contributed by atoms with Crippen LogP contribution in [0.1, 0.15) is 17.5 Å². The van der Waals surface area contributed by atoms with Crippen LogP contribution in [-0.2, 0) is 16.1 Å². The van der Waals surface area contributed by atoms with E-state index in [0.29, 0.717) is 18.4 Å². The SMILES string of the molecule is O=C(/C=C/c1ccc(F)c(F)c1)NCC1CC(Cc2ccc(F)cc2)=NO1. The summed E-state index contributed by atoms with van der Waals surface area (Å²) >= 11 is 0. The molecular formula is C20H17F3N2O2. The van der Waals surface area contributed by atoms with Gasteiger partial charge in [0, 0.05) is 18.9 Å². The van der Waals surface area contributed by atoms with Crippen molar-refractivity contribution >= 4 is 17.7 Å². The maximum absolute atomic E-state index is 13.1. The number of benzene rings is 2. The molecule has 4 nitrogen and oxygen atoms in total. The molecule has 3 rings (SSSR count). The third-order valence-electron chi connectivity index (χ3n) is 3.99. The van der Waals surface area contributed by atoms with Gasteiger partial charge in [0.15, 0.2) is 11.6 Å². The number of carbonyl (C=O) groups excluding carboxylic acids is 1. The van der Waals surface area contributed by atoms with E-state index < -0.39 is 11.6 Å². The minimum Gasteiger partial charge on any atom is -0.390 e. The van der Waals surface area contributed by atoms with Crippen LogP contribution >= 0.6 is 0 Å². The molecule has 0 aliphatic carbocycles. The van der Waals surface area contributed by atoms with E-state index in [9.17, 15) is 18.0 Å². The van der Waals surface area contributed by atoms with Gasteiger partial charge < -0.3 is 10.2 Å². The lowest BCUT2D eigenvalue weighted by molar-refractivity contribution is -0.117. The van der Waals surface area contributed by atoms with Crippen molar-refractivity contribution in [2.24, 2.45) is 5.16 Å². The molecule has 0 saturated heterocycles. The predicted molar refractivity (Wildman–Crippen MR) is 95.4 cm³/mol. The molecule has 1 atom stereocenters. The highest BCUT2D eigenvalue weighted by atomic mass is 19.2. The van der Waals surface area contributed by atoms with Crippen molar-refractivity contribution in [2.75, 3.05) is 6.54 Å². The van der Waals surface area contributed by atoms with E-state index in [0.717, 1.165) is 23.4 Å².